The van der Waals surface area contributed by atoms with E-state index in [4.69, 9.17) is 0 Å². The molecule has 2 rings (SSSR count). The molecule has 0 unspecified atom stereocenters. The van der Waals surface area contributed by atoms with Crippen LogP contribution in [0.25, 0.3) is 0 Å². The van der Waals surface area contributed by atoms with E-state index in [1.807, 2.05) is 0 Å². The summed E-state index contributed by atoms with van der Waals surface area (Å²) in [5.41, 5.74) is 2.79. The third-order valence-electron chi connectivity index (χ3n) is 3.55. The standard InChI is InChI=1S/C18H23N/c1-2-18(14-13-16-9-5-3-6-10-16)19-15-17-11-7-4-8-12-17/h3-12,18-19H,2,13-15H2,1H3/t18-/m0/s1. The second-order valence-electron chi connectivity index (χ2n) is 5.00. The predicted molar refractivity (Wildman–Crippen MR) is 82.1 cm³/mol. The van der Waals surface area contributed by atoms with Gasteiger partial charge in [0.25, 0.3) is 0 Å². The molecule has 1 heteroatoms. The average molecular weight is 253 g/mol. The van der Waals surface area contributed by atoms with Gasteiger partial charge in [0.05, 0.1) is 0 Å². The Morgan fingerprint density at radius 3 is 2.00 bits per heavy atom. The Balaban J connectivity index is 1.77. The van der Waals surface area contributed by atoms with Gasteiger partial charge in [-0.15, -0.1) is 0 Å². The van der Waals surface area contributed by atoms with E-state index in [1.54, 1.807) is 0 Å². The fourth-order valence-corrected chi connectivity index (χ4v) is 2.29. The van der Waals surface area contributed by atoms with Crippen LogP contribution >= 0.6 is 0 Å². The van der Waals surface area contributed by atoms with E-state index in [9.17, 15) is 0 Å². The van der Waals surface area contributed by atoms with Crippen molar-refractivity contribution in [2.24, 2.45) is 0 Å². The molecule has 0 saturated carbocycles. The zero-order valence-corrected chi connectivity index (χ0v) is 11.7. The second-order valence-corrected chi connectivity index (χ2v) is 5.00. The molecule has 0 fully saturated rings. The summed E-state index contributed by atoms with van der Waals surface area (Å²) in [5.74, 6) is 0. The van der Waals surface area contributed by atoms with E-state index in [0.29, 0.717) is 6.04 Å². The van der Waals surface area contributed by atoms with Crippen molar-refractivity contribution in [3.05, 3.63) is 71.8 Å². The first-order valence-corrected chi connectivity index (χ1v) is 7.19. The molecule has 1 nitrogen and oxygen atoms in total. The predicted octanol–water partition coefficient (Wildman–Crippen LogP) is 4.19. The summed E-state index contributed by atoms with van der Waals surface area (Å²) >= 11 is 0. The molecule has 0 amide bonds. The minimum atomic E-state index is 0.598. The fraction of sp³-hybridized carbons (Fsp3) is 0.333. The van der Waals surface area contributed by atoms with Crippen molar-refractivity contribution in [3.8, 4) is 0 Å². The summed E-state index contributed by atoms with van der Waals surface area (Å²) in [6.45, 7) is 3.22. The summed E-state index contributed by atoms with van der Waals surface area (Å²) < 4.78 is 0. The minimum absolute atomic E-state index is 0.598. The Labute approximate surface area is 116 Å². The summed E-state index contributed by atoms with van der Waals surface area (Å²) in [6, 6.07) is 22.0. The normalized spacial score (nSPS) is 12.3. The molecule has 100 valence electrons. The Hall–Kier alpha value is -1.60. The molecule has 2 aromatic carbocycles. The van der Waals surface area contributed by atoms with Crippen molar-refractivity contribution in [1.29, 1.82) is 0 Å². The zero-order chi connectivity index (χ0) is 13.3. The minimum Gasteiger partial charge on any atom is -0.310 e. The fourth-order valence-electron chi connectivity index (χ4n) is 2.29. The van der Waals surface area contributed by atoms with Crippen LogP contribution in [0.5, 0.6) is 0 Å². The quantitative estimate of drug-likeness (QED) is 0.780. The second kappa shape index (κ2) is 7.75. The molecule has 0 spiro atoms. The van der Waals surface area contributed by atoms with Crippen molar-refractivity contribution in [2.45, 2.75) is 38.8 Å². The van der Waals surface area contributed by atoms with Gasteiger partial charge in [-0.2, -0.15) is 0 Å². The highest BCUT2D eigenvalue weighted by Crippen LogP contribution is 2.08. The van der Waals surface area contributed by atoms with E-state index in [1.165, 1.54) is 24.0 Å². The molecule has 19 heavy (non-hydrogen) atoms. The van der Waals surface area contributed by atoms with Crippen LogP contribution in [0.4, 0.5) is 0 Å². The zero-order valence-electron chi connectivity index (χ0n) is 11.7. The maximum Gasteiger partial charge on any atom is 0.0208 e. The van der Waals surface area contributed by atoms with Crippen molar-refractivity contribution >= 4 is 0 Å². The van der Waals surface area contributed by atoms with Gasteiger partial charge in [0.2, 0.25) is 0 Å². The van der Waals surface area contributed by atoms with Gasteiger partial charge in [0, 0.05) is 12.6 Å². The number of rotatable bonds is 7. The van der Waals surface area contributed by atoms with Gasteiger partial charge in [-0.3, -0.25) is 0 Å². The SMILES string of the molecule is CC[C@@H](CCc1ccccc1)NCc1ccccc1. The highest BCUT2D eigenvalue weighted by atomic mass is 14.9. The van der Waals surface area contributed by atoms with E-state index in [-0.39, 0.29) is 0 Å². The lowest BCUT2D eigenvalue weighted by molar-refractivity contribution is 0.467. The van der Waals surface area contributed by atoms with E-state index in [0.717, 1.165) is 13.0 Å². The smallest absolute Gasteiger partial charge is 0.0208 e. The maximum atomic E-state index is 3.66. The monoisotopic (exact) mass is 253 g/mol. The molecular weight excluding hydrogens is 230 g/mol. The molecule has 2 aromatic rings. The molecule has 0 aromatic heterocycles. The van der Waals surface area contributed by atoms with Crippen LogP contribution < -0.4 is 5.32 Å². The molecule has 0 radical (unpaired) electrons. The van der Waals surface area contributed by atoms with Crippen molar-refractivity contribution in [1.82, 2.24) is 5.32 Å². The topological polar surface area (TPSA) is 12.0 Å². The van der Waals surface area contributed by atoms with E-state index in [2.05, 4.69) is 72.9 Å². The highest BCUT2D eigenvalue weighted by Gasteiger charge is 2.05. The molecule has 1 N–H and O–H groups in total. The van der Waals surface area contributed by atoms with Gasteiger partial charge in [-0.25, -0.2) is 0 Å². The number of benzene rings is 2. The van der Waals surface area contributed by atoms with Crippen LogP contribution in [0.2, 0.25) is 0 Å². The Morgan fingerprint density at radius 1 is 0.842 bits per heavy atom. The van der Waals surface area contributed by atoms with Gasteiger partial charge in [0.1, 0.15) is 0 Å². The number of hydrogen-bond donors (Lipinski definition) is 1. The van der Waals surface area contributed by atoms with Crippen molar-refractivity contribution in [2.75, 3.05) is 0 Å². The average Bonchev–Trinajstić information content (AvgIpc) is 2.49. The molecule has 0 aliphatic rings. The van der Waals surface area contributed by atoms with Crippen LogP contribution in [0.3, 0.4) is 0 Å². The lowest BCUT2D eigenvalue weighted by atomic mass is 10.0. The number of aryl methyl sites for hydroxylation is 1. The summed E-state index contributed by atoms with van der Waals surface area (Å²) in [6.07, 6.45) is 3.54. The lowest BCUT2D eigenvalue weighted by Gasteiger charge is -2.17. The highest BCUT2D eigenvalue weighted by molar-refractivity contribution is 5.15. The van der Waals surface area contributed by atoms with Crippen molar-refractivity contribution < 1.29 is 0 Å². The molecular formula is C18H23N. The van der Waals surface area contributed by atoms with Crippen LogP contribution in [-0.4, -0.2) is 6.04 Å². The van der Waals surface area contributed by atoms with Crippen LogP contribution in [0, 0.1) is 0 Å². The van der Waals surface area contributed by atoms with E-state index < -0.39 is 0 Å². The summed E-state index contributed by atoms with van der Waals surface area (Å²) in [7, 11) is 0. The molecule has 0 aliphatic carbocycles. The van der Waals surface area contributed by atoms with Crippen LogP contribution in [-0.2, 0) is 13.0 Å². The third-order valence-corrected chi connectivity index (χ3v) is 3.55. The Morgan fingerprint density at radius 2 is 1.42 bits per heavy atom. The Bertz CT molecular complexity index is 406. The first-order chi connectivity index (χ1) is 9.38. The molecule has 0 bridgehead atoms. The number of hydrogen-bond acceptors (Lipinski definition) is 1. The van der Waals surface area contributed by atoms with Gasteiger partial charge >= 0.3 is 0 Å². The van der Waals surface area contributed by atoms with Gasteiger partial charge in [-0.05, 0) is 30.4 Å². The summed E-state index contributed by atoms with van der Waals surface area (Å²) in [5, 5.41) is 3.66. The number of nitrogens with one attached hydrogen (secondary N) is 1. The third kappa shape index (κ3) is 4.88. The van der Waals surface area contributed by atoms with Gasteiger partial charge < -0.3 is 5.32 Å². The van der Waals surface area contributed by atoms with Gasteiger partial charge in [0.15, 0.2) is 0 Å². The van der Waals surface area contributed by atoms with Crippen molar-refractivity contribution in [3.63, 3.8) is 0 Å². The van der Waals surface area contributed by atoms with Gasteiger partial charge in [-0.1, -0.05) is 67.6 Å². The Kier molecular flexibility index (Phi) is 5.64. The molecule has 0 saturated heterocycles. The summed E-state index contributed by atoms with van der Waals surface area (Å²) in [4.78, 5) is 0. The van der Waals surface area contributed by atoms with Crippen LogP contribution in [0.1, 0.15) is 30.9 Å². The molecule has 0 aliphatic heterocycles. The molecule has 1 atom stereocenters. The lowest BCUT2D eigenvalue weighted by Crippen LogP contribution is -2.28. The largest absolute Gasteiger partial charge is 0.310 e. The molecule has 0 heterocycles. The maximum absolute atomic E-state index is 3.66. The van der Waals surface area contributed by atoms with Crippen LogP contribution in [0.15, 0.2) is 60.7 Å². The first-order valence-electron chi connectivity index (χ1n) is 7.19. The van der Waals surface area contributed by atoms with E-state index >= 15 is 0 Å². The first kappa shape index (κ1) is 13.8.